The Balaban J connectivity index is 2.07. The van der Waals surface area contributed by atoms with E-state index in [9.17, 15) is 4.39 Å². The molecule has 0 spiro atoms. The van der Waals surface area contributed by atoms with Crippen LogP contribution in [0.2, 0.25) is 5.02 Å². The highest BCUT2D eigenvalue weighted by molar-refractivity contribution is 6.31. The molecule has 94 valence electrons. The van der Waals surface area contributed by atoms with Crippen LogP contribution in [-0.2, 0) is 0 Å². The van der Waals surface area contributed by atoms with Crippen LogP contribution in [0.1, 0.15) is 20.3 Å². The molecule has 1 aliphatic rings. The lowest BCUT2D eigenvalue weighted by Gasteiger charge is -2.21. The first-order chi connectivity index (χ1) is 8.08. The SMILES string of the molecule is CC(C)NC1CCN(c2cccc(Cl)c2F)C1. The lowest BCUT2D eigenvalue weighted by molar-refractivity contribution is 0.491. The van der Waals surface area contributed by atoms with E-state index >= 15 is 0 Å². The highest BCUT2D eigenvalue weighted by Crippen LogP contribution is 2.28. The fourth-order valence-corrected chi connectivity index (χ4v) is 2.49. The number of benzene rings is 1. The summed E-state index contributed by atoms with van der Waals surface area (Å²) in [5.41, 5.74) is 0.616. The van der Waals surface area contributed by atoms with Crippen molar-refractivity contribution in [1.29, 1.82) is 0 Å². The van der Waals surface area contributed by atoms with Gasteiger partial charge in [-0.3, -0.25) is 0 Å². The number of halogens is 2. The zero-order valence-electron chi connectivity index (χ0n) is 10.2. The molecule has 1 aliphatic heterocycles. The average Bonchev–Trinajstić information content (AvgIpc) is 2.69. The summed E-state index contributed by atoms with van der Waals surface area (Å²) in [7, 11) is 0. The lowest BCUT2D eigenvalue weighted by atomic mass is 10.2. The Bertz CT molecular complexity index is 395. The number of nitrogens with zero attached hydrogens (tertiary/aromatic N) is 1. The molecule has 1 unspecified atom stereocenters. The molecule has 1 N–H and O–H groups in total. The van der Waals surface area contributed by atoms with E-state index < -0.39 is 0 Å². The van der Waals surface area contributed by atoms with E-state index in [1.807, 2.05) is 0 Å². The minimum atomic E-state index is -0.306. The summed E-state index contributed by atoms with van der Waals surface area (Å²) in [4.78, 5) is 2.06. The molecule has 1 saturated heterocycles. The zero-order valence-corrected chi connectivity index (χ0v) is 11.0. The first-order valence-electron chi connectivity index (χ1n) is 6.03. The van der Waals surface area contributed by atoms with Crippen molar-refractivity contribution >= 4 is 17.3 Å². The average molecular weight is 257 g/mol. The second-order valence-electron chi connectivity index (χ2n) is 4.83. The molecule has 1 heterocycles. The van der Waals surface area contributed by atoms with Crippen LogP contribution < -0.4 is 10.2 Å². The Labute approximate surface area is 107 Å². The maximum atomic E-state index is 13.8. The Morgan fingerprint density at radius 2 is 2.24 bits per heavy atom. The van der Waals surface area contributed by atoms with Gasteiger partial charge in [0.25, 0.3) is 0 Å². The molecular formula is C13H18ClFN2. The van der Waals surface area contributed by atoms with E-state index in [-0.39, 0.29) is 10.8 Å². The largest absolute Gasteiger partial charge is 0.368 e. The quantitative estimate of drug-likeness (QED) is 0.894. The molecular weight excluding hydrogens is 239 g/mol. The number of anilines is 1. The van der Waals surface area contributed by atoms with Crippen molar-refractivity contribution in [1.82, 2.24) is 5.32 Å². The van der Waals surface area contributed by atoms with Gasteiger partial charge in [-0.2, -0.15) is 0 Å². The van der Waals surface area contributed by atoms with Gasteiger partial charge >= 0.3 is 0 Å². The molecule has 2 rings (SSSR count). The lowest BCUT2D eigenvalue weighted by Crippen LogP contribution is -2.37. The van der Waals surface area contributed by atoms with Gasteiger partial charge in [-0.15, -0.1) is 0 Å². The van der Waals surface area contributed by atoms with E-state index in [1.54, 1.807) is 18.2 Å². The molecule has 1 fully saturated rings. The van der Waals surface area contributed by atoms with Crippen LogP contribution >= 0.6 is 11.6 Å². The van der Waals surface area contributed by atoms with E-state index in [4.69, 9.17) is 11.6 Å². The molecule has 0 radical (unpaired) electrons. The number of rotatable bonds is 3. The van der Waals surface area contributed by atoms with E-state index in [0.29, 0.717) is 17.8 Å². The van der Waals surface area contributed by atoms with Gasteiger partial charge in [0.05, 0.1) is 10.7 Å². The predicted molar refractivity (Wildman–Crippen MR) is 70.3 cm³/mol. The van der Waals surface area contributed by atoms with E-state index in [1.165, 1.54) is 0 Å². The molecule has 0 amide bonds. The highest BCUT2D eigenvalue weighted by Gasteiger charge is 2.25. The van der Waals surface area contributed by atoms with Crippen LogP contribution in [0.15, 0.2) is 18.2 Å². The predicted octanol–water partition coefficient (Wildman–Crippen LogP) is 3.06. The number of hydrogen-bond acceptors (Lipinski definition) is 2. The number of hydrogen-bond donors (Lipinski definition) is 1. The summed E-state index contributed by atoms with van der Waals surface area (Å²) in [6, 6.07) is 6.07. The summed E-state index contributed by atoms with van der Waals surface area (Å²) in [6.45, 7) is 5.97. The Morgan fingerprint density at radius 1 is 1.47 bits per heavy atom. The third kappa shape index (κ3) is 2.90. The maximum Gasteiger partial charge on any atom is 0.165 e. The topological polar surface area (TPSA) is 15.3 Å². The monoisotopic (exact) mass is 256 g/mol. The summed E-state index contributed by atoms with van der Waals surface area (Å²) in [5, 5.41) is 3.68. The standard InChI is InChI=1S/C13H18ClFN2/c1-9(2)16-10-6-7-17(8-10)12-5-3-4-11(14)13(12)15/h3-5,9-10,16H,6-8H2,1-2H3. The van der Waals surface area contributed by atoms with Crippen molar-refractivity contribution in [2.45, 2.75) is 32.4 Å². The third-order valence-electron chi connectivity index (χ3n) is 3.03. The van der Waals surface area contributed by atoms with Gasteiger partial charge < -0.3 is 10.2 Å². The third-order valence-corrected chi connectivity index (χ3v) is 3.32. The van der Waals surface area contributed by atoms with Crippen molar-refractivity contribution in [2.75, 3.05) is 18.0 Å². The molecule has 0 aromatic heterocycles. The zero-order chi connectivity index (χ0) is 12.4. The van der Waals surface area contributed by atoms with Gasteiger partial charge in [0.15, 0.2) is 5.82 Å². The van der Waals surface area contributed by atoms with E-state index in [2.05, 4.69) is 24.1 Å². The molecule has 1 atom stereocenters. The van der Waals surface area contributed by atoms with Gasteiger partial charge in [-0.05, 0) is 18.6 Å². The molecule has 4 heteroatoms. The Kier molecular flexibility index (Phi) is 3.89. The van der Waals surface area contributed by atoms with Crippen molar-refractivity contribution in [3.05, 3.63) is 29.0 Å². The summed E-state index contributed by atoms with van der Waals surface area (Å²) in [6.07, 6.45) is 1.05. The first-order valence-corrected chi connectivity index (χ1v) is 6.40. The smallest absolute Gasteiger partial charge is 0.165 e. The van der Waals surface area contributed by atoms with Crippen LogP contribution in [0.3, 0.4) is 0 Å². The van der Waals surface area contributed by atoms with Gasteiger partial charge in [0.2, 0.25) is 0 Å². The second kappa shape index (κ2) is 5.23. The van der Waals surface area contributed by atoms with Crippen LogP contribution in [0.25, 0.3) is 0 Å². The maximum absolute atomic E-state index is 13.8. The van der Waals surface area contributed by atoms with Gasteiger partial charge in [0.1, 0.15) is 0 Å². The fraction of sp³-hybridized carbons (Fsp3) is 0.538. The van der Waals surface area contributed by atoms with Crippen molar-refractivity contribution in [2.24, 2.45) is 0 Å². The summed E-state index contributed by atoms with van der Waals surface area (Å²) < 4.78 is 13.8. The molecule has 2 nitrogen and oxygen atoms in total. The molecule has 1 aromatic carbocycles. The van der Waals surface area contributed by atoms with Crippen LogP contribution in [0, 0.1) is 5.82 Å². The van der Waals surface area contributed by atoms with Crippen molar-refractivity contribution in [3.63, 3.8) is 0 Å². The molecule has 0 bridgehead atoms. The van der Waals surface area contributed by atoms with Crippen LogP contribution in [0.5, 0.6) is 0 Å². The minimum Gasteiger partial charge on any atom is -0.368 e. The normalized spacial score (nSPS) is 20.3. The minimum absolute atomic E-state index is 0.197. The second-order valence-corrected chi connectivity index (χ2v) is 5.23. The highest BCUT2D eigenvalue weighted by atomic mass is 35.5. The van der Waals surface area contributed by atoms with E-state index in [0.717, 1.165) is 19.5 Å². The molecule has 0 saturated carbocycles. The Morgan fingerprint density at radius 3 is 2.94 bits per heavy atom. The van der Waals surface area contributed by atoms with Crippen LogP contribution in [0.4, 0.5) is 10.1 Å². The number of nitrogens with one attached hydrogen (secondary N) is 1. The summed E-state index contributed by atoms with van der Waals surface area (Å²) >= 11 is 5.80. The Hall–Kier alpha value is -0.800. The van der Waals surface area contributed by atoms with Crippen molar-refractivity contribution in [3.8, 4) is 0 Å². The molecule has 1 aromatic rings. The summed E-state index contributed by atoms with van der Waals surface area (Å²) in [5.74, 6) is -0.306. The molecule has 0 aliphatic carbocycles. The van der Waals surface area contributed by atoms with Gasteiger partial charge in [0, 0.05) is 25.2 Å². The molecule has 17 heavy (non-hydrogen) atoms. The van der Waals surface area contributed by atoms with Crippen molar-refractivity contribution < 1.29 is 4.39 Å². The van der Waals surface area contributed by atoms with Crippen LogP contribution in [-0.4, -0.2) is 25.2 Å². The first kappa shape index (κ1) is 12.7. The fourth-order valence-electron chi connectivity index (χ4n) is 2.32. The van der Waals surface area contributed by atoms with Gasteiger partial charge in [-0.25, -0.2) is 4.39 Å². The van der Waals surface area contributed by atoms with Gasteiger partial charge in [-0.1, -0.05) is 31.5 Å².